The van der Waals surface area contributed by atoms with Gasteiger partial charge in [0, 0.05) is 0 Å². The van der Waals surface area contributed by atoms with E-state index >= 15 is 0 Å². The highest BCUT2D eigenvalue weighted by atomic mass is 16.7. The maximum atomic E-state index is 6.31. The van der Waals surface area contributed by atoms with E-state index in [2.05, 4.69) is 0 Å². The smallest absolute Gasteiger partial charge is 0.187 e. The van der Waals surface area contributed by atoms with Gasteiger partial charge in [0.2, 0.25) is 0 Å². The van der Waals surface area contributed by atoms with Crippen molar-refractivity contribution < 1.29 is 28.4 Å². The summed E-state index contributed by atoms with van der Waals surface area (Å²) in [6.45, 7) is 20.5. The van der Waals surface area contributed by atoms with E-state index in [-0.39, 0.29) is 54.9 Å². The summed E-state index contributed by atoms with van der Waals surface area (Å²) < 4.78 is 37.0. The molecule has 0 aromatic carbocycles. The molecule has 5 atom stereocenters. The summed E-state index contributed by atoms with van der Waals surface area (Å²) in [5.74, 6) is 0. The summed E-state index contributed by atoms with van der Waals surface area (Å²) in [5, 5.41) is 0. The fraction of sp³-hybridized carbons (Fsp3) is 1.00. The monoisotopic (exact) mass is 390 g/mol. The molecule has 0 aromatic rings. The van der Waals surface area contributed by atoms with Gasteiger partial charge in [0.25, 0.3) is 0 Å². The highest BCUT2D eigenvalue weighted by Gasteiger charge is 2.50. The highest BCUT2D eigenvalue weighted by Crippen LogP contribution is 2.32. The van der Waals surface area contributed by atoms with Crippen LogP contribution in [0.2, 0.25) is 0 Å². The van der Waals surface area contributed by atoms with E-state index in [0.29, 0.717) is 6.61 Å². The van der Waals surface area contributed by atoms with Crippen LogP contribution in [0.4, 0.5) is 0 Å². The zero-order valence-electron chi connectivity index (χ0n) is 18.9. The van der Waals surface area contributed by atoms with Gasteiger partial charge in [-0.3, -0.25) is 0 Å². The first-order chi connectivity index (χ1) is 12.5. The maximum Gasteiger partial charge on any atom is 0.187 e. The molecule has 0 amide bonds. The molecule has 0 bridgehead atoms. The predicted molar refractivity (Wildman–Crippen MR) is 106 cm³/mol. The third-order valence-electron chi connectivity index (χ3n) is 3.88. The fourth-order valence-electron chi connectivity index (χ4n) is 3.08. The zero-order valence-corrected chi connectivity index (χ0v) is 18.9. The largest absolute Gasteiger partial charge is 0.376 e. The molecule has 1 heterocycles. The highest BCUT2D eigenvalue weighted by molar-refractivity contribution is 4.94. The molecule has 0 aromatic heterocycles. The van der Waals surface area contributed by atoms with Crippen molar-refractivity contribution in [3.8, 4) is 0 Å². The topological polar surface area (TPSA) is 55.4 Å². The fourth-order valence-corrected chi connectivity index (χ4v) is 3.08. The van der Waals surface area contributed by atoms with Gasteiger partial charge >= 0.3 is 0 Å². The maximum absolute atomic E-state index is 6.31. The van der Waals surface area contributed by atoms with Crippen LogP contribution in [0, 0.1) is 0 Å². The van der Waals surface area contributed by atoms with Crippen molar-refractivity contribution in [2.75, 3.05) is 6.61 Å². The third kappa shape index (κ3) is 8.75. The Hall–Kier alpha value is -0.240. The molecular formula is C21H42O6. The standard InChI is InChI=1S/C21H42O6/c1-12(2)22-11-17-18(23-13(3)4)19(24-14(5)6)20(25-15(7)8)21(27-17)26-16(9)10/h12-21H,11H2,1-10H3/t17-,18-,19+,20-,21-/m1/s1. The zero-order chi connectivity index (χ0) is 20.7. The van der Waals surface area contributed by atoms with Crippen molar-refractivity contribution in [2.24, 2.45) is 0 Å². The molecule has 0 unspecified atom stereocenters. The van der Waals surface area contributed by atoms with Gasteiger partial charge in [-0.15, -0.1) is 0 Å². The molecule has 6 nitrogen and oxygen atoms in total. The number of hydrogen-bond donors (Lipinski definition) is 0. The Labute approximate surface area is 166 Å². The molecule has 1 aliphatic heterocycles. The second kappa shape index (κ2) is 11.7. The van der Waals surface area contributed by atoms with Crippen LogP contribution in [0.5, 0.6) is 0 Å². The lowest BCUT2D eigenvalue weighted by Crippen LogP contribution is -2.63. The van der Waals surface area contributed by atoms with E-state index in [1.165, 1.54) is 0 Å². The van der Waals surface area contributed by atoms with Crippen LogP contribution in [0.3, 0.4) is 0 Å². The van der Waals surface area contributed by atoms with Crippen molar-refractivity contribution in [3.05, 3.63) is 0 Å². The van der Waals surface area contributed by atoms with Crippen LogP contribution >= 0.6 is 0 Å². The van der Waals surface area contributed by atoms with E-state index < -0.39 is 6.29 Å². The van der Waals surface area contributed by atoms with Gasteiger partial charge in [0.05, 0.1) is 37.1 Å². The normalized spacial score (nSPS) is 29.7. The minimum absolute atomic E-state index is 0.00203. The summed E-state index contributed by atoms with van der Waals surface area (Å²) >= 11 is 0. The molecule has 1 rings (SSSR count). The lowest BCUT2D eigenvalue weighted by atomic mass is 9.97. The second-order valence-electron chi connectivity index (χ2n) is 8.56. The minimum atomic E-state index is -0.538. The molecule has 1 aliphatic rings. The van der Waals surface area contributed by atoms with Crippen molar-refractivity contribution in [1.29, 1.82) is 0 Å². The molecule has 0 spiro atoms. The van der Waals surface area contributed by atoms with Crippen molar-refractivity contribution in [3.63, 3.8) is 0 Å². The molecule has 0 N–H and O–H groups in total. The average Bonchev–Trinajstić information content (AvgIpc) is 2.49. The Kier molecular flexibility index (Phi) is 10.7. The third-order valence-corrected chi connectivity index (χ3v) is 3.88. The van der Waals surface area contributed by atoms with E-state index in [9.17, 15) is 0 Å². The first-order valence-electron chi connectivity index (χ1n) is 10.4. The molecule has 6 heteroatoms. The van der Waals surface area contributed by atoms with Crippen LogP contribution in [0.15, 0.2) is 0 Å². The summed E-state index contributed by atoms with van der Waals surface area (Å²) in [4.78, 5) is 0. The average molecular weight is 391 g/mol. The molecule has 1 saturated heterocycles. The molecule has 27 heavy (non-hydrogen) atoms. The molecule has 1 fully saturated rings. The number of rotatable bonds is 11. The van der Waals surface area contributed by atoms with Crippen LogP contribution in [0.1, 0.15) is 69.2 Å². The van der Waals surface area contributed by atoms with Crippen LogP contribution in [-0.2, 0) is 28.4 Å². The Balaban J connectivity index is 3.19. The summed E-state index contributed by atoms with van der Waals surface area (Å²) in [6.07, 6.45) is -1.66. The lowest BCUT2D eigenvalue weighted by Gasteiger charge is -2.47. The van der Waals surface area contributed by atoms with Crippen LogP contribution < -0.4 is 0 Å². The second-order valence-corrected chi connectivity index (χ2v) is 8.56. The van der Waals surface area contributed by atoms with Gasteiger partial charge in [-0.2, -0.15) is 0 Å². The first-order valence-corrected chi connectivity index (χ1v) is 10.4. The van der Waals surface area contributed by atoms with Crippen molar-refractivity contribution in [1.82, 2.24) is 0 Å². The Morgan fingerprint density at radius 1 is 0.556 bits per heavy atom. The van der Waals surface area contributed by atoms with E-state index in [0.717, 1.165) is 0 Å². The summed E-state index contributed by atoms with van der Waals surface area (Å²) in [5.41, 5.74) is 0. The van der Waals surface area contributed by atoms with Crippen molar-refractivity contribution in [2.45, 2.75) is 130 Å². The number of ether oxygens (including phenoxy) is 6. The SMILES string of the molecule is CC(C)OC[C@H]1O[C@@H](OC(C)C)[C@H](OC(C)C)[C@@H](OC(C)C)[C@@H]1OC(C)C. The molecule has 0 radical (unpaired) electrons. The van der Waals surface area contributed by atoms with Gasteiger partial charge in [0.15, 0.2) is 6.29 Å². The summed E-state index contributed by atoms with van der Waals surface area (Å²) in [7, 11) is 0. The molecule has 162 valence electrons. The van der Waals surface area contributed by atoms with Gasteiger partial charge in [-0.1, -0.05) is 0 Å². The quantitative estimate of drug-likeness (QED) is 0.533. The molecule has 0 aliphatic carbocycles. The lowest BCUT2D eigenvalue weighted by molar-refractivity contribution is -0.340. The van der Waals surface area contributed by atoms with Gasteiger partial charge in [-0.05, 0) is 69.2 Å². The number of hydrogen-bond acceptors (Lipinski definition) is 6. The summed E-state index contributed by atoms with van der Waals surface area (Å²) in [6, 6.07) is 0. The molecule has 0 saturated carbocycles. The Morgan fingerprint density at radius 2 is 1.00 bits per heavy atom. The van der Waals surface area contributed by atoms with Crippen LogP contribution in [-0.4, -0.2) is 67.8 Å². The van der Waals surface area contributed by atoms with E-state index in [1.54, 1.807) is 0 Å². The van der Waals surface area contributed by atoms with Crippen molar-refractivity contribution >= 4 is 0 Å². The van der Waals surface area contributed by atoms with Gasteiger partial charge < -0.3 is 28.4 Å². The van der Waals surface area contributed by atoms with Crippen LogP contribution in [0.25, 0.3) is 0 Å². The van der Waals surface area contributed by atoms with Gasteiger partial charge in [-0.25, -0.2) is 0 Å². The predicted octanol–water partition coefficient (Wildman–Crippen LogP) is 3.94. The minimum Gasteiger partial charge on any atom is -0.376 e. The van der Waals surface area contributed by atoms with Gasteiger partial charge in [0.1, 0.15) is 24.4 Å². The molecular weight excluding hydrogens is 348 g/mol. The van der Waals surface area contributed by atoms with E-state index in [4.69, 9.17) is 28.4 Å². The first kappa shape index (κ1) is 24.8. The Morgan fingerprint density at radius 3 is 1.44 bits per heavy atom. The Bertz CT molecular complexity index is 396. The van der Waals surface area contributed by atoms with E-state index in [1.807, 2.05) is 69.2 Å².